The Morgan fingerprint density at radius 3 is 0.795 bits per heavy atom. The normalized spacial score (nSPS) is 15.4. The molecule has 0 aliphatic carbocycles. The molecule has 0 spiro atoms. The molecule has 468 valence electrons. The van der Waals surface area contributed by atoms with Crippen LogP contribution in [0.5, 0.6) is 0 Å². The number of methoxy groups -OCH3 is 8. The molecule has 16 heteroatoms. The summed E-state index contributed by atoms with van der Waals surface area (Å²) in [6.45, 7) is 52.2. The Labute approximate surface area is 484 Å². The lowest BCUT2D eigenvalue weighted by molar-refractivity contribution is 0.0670. The summed E-state index contributed by atoms with van der Waals surface area (Å²) in [5.41, 5.74) is -1.46. The molecule has 0 heterocycles. The Hall–Kier alpha value is -2.96. The highest BCUT2D eigenvalue weighted by Gasteiger charge is 2.20. The fourth-order valence-electron chi connectivity index (χ4n) is 3.98. The molecule has 0 amide bonds. The van der Waals surface area contributed by atoms with E-state index in [0.717, 1.165) is 64.7 Å². The van der Waals surface area contributed by atoms with Gasteiger partial charge in [-0.25, -0.2) is 0 Å². The SMILES string of the molecule is CCC(C)(C=NC(C)C)OC.CCC(C)(C=NC)OC.CCCN=CC(C)(C)OC.CCCN=CC(C)(CC)OC.CCN=CC(C)(C)OC.CCN=CC(C)(CC)OC.CN=CC(C)(C)OC.COC(C)(C)C=NC(C)C. The van der Waals surface area contributed by atoms with Crippen molar-refractivity contribution in [2.75, 3.05) is 97.2 Å². The zero-order valence-corrected chi connectivity index (χ0v) is 57.7. The van der Waals surface area contributed by atoms with Crippen molar-refractivity contribution in [3.05, 3.63) is 0 Å². The molecule has 4 atom stereocenters. The predicted molar refractivity (Wildman–Crippen MR) is 349 cm³/mol. The number of hydrogen-bond donors (Lipinski definition) is 0. The van der Waals surface area contributed by atoms with Gasteiger partial charge in [-0.05, 0) is 163 Å². The van der Waals surface area contributed by atoms with Crippen LogP contribution in [0.2, 0.25) is 0 Å². The first kappa shape index (κ1) is 91.5. The fraction of sp³-hybridized carbons (Fsp3) is 0.871. The van der Waals surface area contributed by atoms with Crippen molar-refractivity contribution in [2.24, 2.45) is 39.9 Å². The van der Waals surface area contributed by atoms with Crippen molar-refractivity contribution in [1.82, 2.24) is 0 Å². The summed E-state index contributed by atoms with van der Waals surface area (Å²) in [4.78, 5) is 32.9. The standard InChI is InChI=1S/2C9H19NO.3C8H17NO.2C7H15NO.C6H13NO/c1-6-9(4,11-5)7-10-8(2)3;1-5-7-10-8-9(3,6-2)11-4;1-7(2)9-6-8(3,4)10-5;1-5-6-9-7-8(2,3)10-4;1-5-8(3,10-4)7-9-6-2;1-5-7(2,9-4)6-8-3;1-5-8-6-7(2,3)9-4;1-6(2,8-4)5-7-3/h7-8H,6H2,1-5H3;8H,5-7H2,1-4H3;6-7H,1-5H3;2*7H,5-6H2,1-4H3;2*6H,5H2,1-4H3;5H,1-4H3. The minimum atomic E-state index is -0.218. The van der Waals surface area contributed by atoms with Gasteiger partial charge in [0.05, 0.1) is 44.8 Å². The molecule has 0 saturated carbocycles. The van der Waals surface area contributed by atoms with E-state index in [-0.39, 0.29) is 44.8 Å². The van der Waals surface area contributed by atoms with Gasteiger partial charge < -0.3 is 37.9 Å². The van der Waals surface area contributed by atoms with Gasteiger partial charge >= 0.3 is 0 Å². The molecular formula is C62H132N8O8. The van der Waals surface area contributed by atoms with Crippen LogP contribution >= 0.6 is 0 Å². The van der Waals surface area contributed by atoms with Crippen LogP contribution in [0.15, 0.2) is 39.9 Å². The van der Waals surface area contributed by atoms with Crippen LogP contribution in [0.1, 0.15) is 205 Å². The van der Waals surface area contributed by atoms with Gasteiger partial charge in [0, 0.05) is 159 Å². The van der Waals surface area contributed by atoms with E-state index in [1.807, 2.05) is 154 Å². The molecule has 78 heavy (non-hydrogen) atoms. The zero-order valence-electron chi connectivity index (χ0n) is 57.7. The number of rotatable bonds is 28. The van der Waals surface area contributed by atoms with Crippen molar-refractivity contribution in [1.29, 1.82) is 0 Å². The predicted octanol–water partition coefficient (Wildman–Crippen LogP) is 14.4. The minimum absolute atomic E-state index is 0.157. The van der Waals surface area contributed by atoms with E-state index in [2.05, 4.69) is 95.3 Å². The maximum Gasteiger partial charge on any atom is 0.0993 e. The van der Waals surface area contributed by atoms with Gasteiger partial charge in [-0.3, -0.25) is 39.9 Å². The Kier molecular flexibility index (Phi) is 64.1. The summed E-state index contributed by atoms with van der Waals surface area (Å²) < 4.78 is 41.4. The van der Waals surface area contributed by atoms with Crippen LogP contribution in [0.4, 0.5) is 0 Å². The maximum atomic E-state index is 5.29. The molecule has 0 rings (SSSR count). The second kappa shape index (κ2) is 54.6. The fourth-order valence-corrected chi connectivity index (χ4v) is 3.98. The van der Waals surface area contributed by atoms with Gasteiger partial charge in [-0.15, -0.1) is 0 Å². The first-order chi connectivity index (χ1) is 35.9. The Morgan fingerprint density at radius 1 is 0.308 bits per heavy atom. The summed E-state index contributed by atoms with van der Waals surface area (Å²) >= 11 is 0. The van der Waals surface area contributed by atoms with Crippen LogP contribution in [-0.2, 0) is 37.9 Å². The first-order valence-electron chi connectivity index (χ1n) is 28.3. The highest BCUT2D eigenvalue weighted by molar-refractivity contribution is 5.70. The van der Waals surface area contributed by atoms with Gasteiger partial charge in [0.1, 0.15) is 0 Å². The number of hydrogen-bond acceptors (Lipinski definition) is 16. The van der Waals surface area contributed by atoms with E-state index in [9.17, 15) is 0 Å². The van der Waals surface area contributed by atoms with Gasteiger partial charge in [-0.2, -0.15) is 0 Å². The first-order valence-corrected chi connectivity index (χ1v) is 28.3. The molecule has 0 saturated heterocycles. The molecule has 0 fully saturated rings. The van der Waals surface area contributed by atoms with E-state index in [1.54, 1.807) is 77.2 Å². The lowest BCUT2D eigenvalue weighted by Gasteiger charge is -2.21. The Bertz CT molecular complexity index is 1520. The molecule has 0 radical (unpaired) electrons. The molecule has 0 aromatic carbocycles. The third kappa shape index (κ3) is 67.3. The third-order valence-electron chi connectivity index (χ3n) is 11.6. The molecule has 0 bridgehead atoms. The molecule has 0 N–H and O–H groups in total. The molecule has 0 aliphatic rings. The average Bonchev–Trinajstić information content (AvgIpc) is 3.42. The summed E-state index contributed by atoms with van der Waals surface area (Å²) in [5, 5.41) is 0. The molecule has 0 aromatic rings. The molecule has 4 unspecified atom stereocenters. The summed E-state index contributed by atoms with van der Waals surface area (Å²) in [6, 6.07) is 0.713. The van der Waals surface area contributed by atoms with Crippen molar-refractivity contribution in [3.63, 3.8) is 0 Å². The average molecular weight is 1120 g/mol. The largest absolute Gasteiger partial charge is 0.373 e. The minimum Gasteiger partial charge on any atom is -0.373 e. The van der Waals surface area contributed by atoms with Crippen LogP contribution in [-0.4, -0.2) is 204 Å². The van der Waals surface area contributed by atoms with Crippen LogP contribution in [0.3, 0.4) is 0 Å². The van der Waals surface area contributed by atoms with E-state index in [1.165, 1.54) is 0 Å². The van der Waals surface area contributed by atoms with Gasteiger partial charge in [-0.1, -0.05) is 41.5 Å². The Balaban J connectivity index is -0.000000120. The number of ether oxygens (including phenoxy) is 8. The highest BCUT2D eigenvalue weighted by atomic mass is 16.5. The topological polar surface area (TPSA) is 173 Å². The quantitative estimate of drug-likeness (QED) is 0.0696. The summed E-state index contributed by atoms with van der Waals surface area (Å²) in [7, 11) is 17.1. The van der Waals surface area contributed by atoms with Gasteiger partial charge in [0.2, 0.25) is 0 Å². The van der Waals surface area contributed by atoms with Crippen molar-refractivity contribution >= 4 is 49.7 Å². The van der Waals surface area contributed by atoms with Crippen LogP contribution in [0.25, 0.3) is 0 Å². The van der Waals surface area contributed by atoms with E-state index >= 15 is 0 Å². The monoisotopic (exact) mass is 1120 g/mol. The van der Waals surface area contributed by atoms with Crippen LogP contribution < -0.4 is 0 Å². The third-order valence-corrected chi connectivity index (χ3v) is 11.6. The maximum absolute atomic E-state index is 5.29. The smallest absolute Gasteiger partial charge is 0.0993 e. The lowest BCUT2D eigenvalue weighted by atomic mass is 10.1. The molecule has 0 aromatic heterocycles. The molecular weight excluding hydrogens is 985 g/mol. The highest BCUT2D eigenvalue weighted by Crippen LogP contribution is 2.13. The zero-order chi connectivity index (χ0) is 63.2. The Morgan fingerprint density at radius 2 is 0.551 bits per heavy atom. The van der Waals surface area contributed by atoms with Crippen LogP contribution in [0, 0.1) is 0 Å². The number of nitrogens with zero attached hydrogens (tertiary/aromatic N) is 8. The van der Waals surface area contributed by atoms with Gasteiger partial charge in [0.15, 0.2) is 0 Å². The van der Waals surface area contributed by atoms with E-state index < -0.39 is 0 Å². The molecule has 16 nitrogen and oxygen atoms in total. The van der Waals surface area contributed by atoms with E-state index in [0.29, 0.717) is 12.1 Å². The summed E-state index contributed by atoms with van der Waals surface area (Å²) in [6.07, 6.45) is 20.9. The lowest BCUT2D eigenvalue weighted by Crippen LogP contribution is -2.28. The van der Waals surface area contributed by atoms with E-state index in [4.69, 9.17) is 37.9 Å². The van der Waals surface area contributed by atoms with Gasteiger partial charge in [0.25, 0.3) is 0 Å². The van der Waals surface area contributed by atoms with Crippen molar-refractivity contribution < 1.29 is 37.9 Å². The second-order valence-corrected chi connectivity index (χ2v) is 21.6. The van der Waals surface area contributed by atoms with Crippen molar-refractivity contribution in [3.8, 4) is 0 Å². The number of aliphatic imine (C=N–C) groups is 8. The summed E-state index contributed by atoms with van der Waals surface area (Å²) in [5.74, 6) is 0. The molecule has 0 aliphatic heterocycles. The second-order valence-electron chi connectivity index (χ2n) is 21.6. The van der Waals surface area contributed by atoms with Crippen molar-refractivity contribution in [2.45, 2.75) is 262 Å².